The molecule has 2 aromatic heterocycles. The number of imidazole rings is 1. The van der Waals surface area contributed by atoms with Gasteiger partial charge in [-0.1, -0.05) is 25.1 Å². The molecule has 1 aromatic carbocycles. The zero-order valence-electron chi connectivity index (χ0n) is 19.9. The minimum Gasteiger partial charge on any atom is -0.493 e. The number of alkyl halides is 3. The van der Waals surface area contributed by atoms with E-state index in [1.807, 2.05) is 61.0 Å². The molecule has 3 rings (SSSR count). The van der Waals surface area contributed by atoms with Gasteiger partial charge in [-0.3, -0.25) is 0 Å². The van der Waals surface area contributed by atoms with Gasteiger partial charge in [0.1, 0.15) is 0 Å². The SMILES string of the molecule is CC[C@H](CCC(F)(F)F)NC(=O)N(CC)[C@H](C)c1cccc(-c2cc(OC)c3nccn3c2)c1. The van der Waals surface area contributed by atoms with Crippen LogP contribution in [-0.4, -0.2) is 46.2 Å². The average Bonchev–Trinajstić information content (AvgIpc) is 3.29. The lowest BCUT2D eigenvalue weighted by Crippen LogP contribution is -2.45. The molecule has 2 heterocycles. The first kappa shape index (κ1) is 25.4. The zero-order chi connectivity index (χ0) is 24.9. The van der Waals surface area contributed by atoms with Crippen LogP contribution in [-0.2, 0) is 0 Å². The second kappa shape index (κ2) is 10.8. The molecule has 2 atom stereocenters. The summed E-state index contributed by atoms with van der Waals surface area (Å²) in [4.78, 5) is 18.9. The topological polar surface area (TPSA) is 58.9 Å². The van der Waals surface area contributed by atoms with Crippen molar-refractivity contribution in [3.05, 3.63) is 54.5 Å². The molecule has 0 spiro atoms. The molecule has 9 heteroatoms. The van der Waals surface area contributed by atoms with Gasteiger partial charge >= 0.3 is 12.2 Å². The van der Waals surface area contributed by atoms with Crippen molar-refractivity contribution in [1.29, 1.82) is 0 Å². The van der Waals surface area contributed by atoms with Gasteiger partial charge < -0.3 is 19.4 Å². The fraction of sp³-hybridized carbons (Fsp3) is 0.440. The molecule has 0 aliphatic rings. The van der Waals surface area contributed by atoms with Crippen molar-refractivity contribution >= 4 is 11.7 Å². The summed E-state index contributed by atoms with van der Waals surface area (Å²) in [6.45, 7) is 5.96. The third kappa shape index (κ3) is 6.01. The van der Waals surface area contributed by atoms with E-state index in [4.69, 9.17) is 4.74 Å². The lowest BCUT2D eigenvalue weighted by molar-refractivity contribution is -0.136. The fourth-order valence-electron chi connectivity index (χ4n) is 4.03. The van der Waals surface area contributed by atoms with Gasteiger partial charge in [-0.05, 0) is 49.9 Å². The molecule has 0 unspecified atom stereocenters. The van der Waals surface area contributed by atoms with Gasteiger partial charge in [0.2, 0.25) is 0 Å². The number of carbonyl (C=O) groups excluding carboxylic acids is 1. The summed E-state index contributed by atoms with van der Waals surface area (Å²) in [5.41, 5.74) is 3.52. The highest BCUT2D eigenvalue weighted by molar-refractivity contribution is 5.75. The minimum absolute atomic E-state index is 0.133. The Morgan fingerprint density at radius 3 is 2.65 bits per heavy atom. The smallest absolute Gasteiger partial charge is 0.389 e. The van der Waals surface area contributed by atoms with Crippen molar-refractivity contribution < 1.29 is 22.7 Å². The summed E-state index contributed by atoms with van der Waals surface area (Å²) in [7, 11) is 1.60. The first-order valence-corrected chi connectivity index (χ1v) is 11.4. The third-order valence-electron chi connectivity index (χ3n) is 6.04. The second-order valence-electron chi connectivity index (χ2n) is 8.25. The molecule has 0 saturated heterocycles. The van der Waals surface area contributed by atoms with Crippen LogP contribution in [0.2, 0.25) is 0 Å². The highest BCUT2D eigenvalue weighted by atomic mass is 19.4. The van der Waals surface area contributed by atoms with Crippen LogP contribution >= 0.6 is 0 Å². The van der Waals surface area contributed by atoms with E-state index in [1.54, 1.807) is 25.1 Å². The maximum atomic E-state index is 12.9. The average molecular weight is 477 g/mol. The van der Waals surface area contributed by atoms with Gasteiger partial charge in [-0.2, -0.15) is 13.2 Å². The Morgan fingerprint density at radius 1 is 1.24 bits per heavy atom. The number of nitrogens with zero attached hydrogens (tertiary/aromatic N) is 3. The van der Waals surface area contributed by atoms with Crippen molar-refractivity contribution in [2.24, 2.45) is 0 Å². The first-order valence-electron chi connectivity index (χ1n) is 11.4. The normalized spacial score (nSPS) is 13.5. The maximum Gasteiger partial charge on any atom is 0.389 e. The molecule has 34 heavy (non-hydrogen) atoms. The summed E-state index contributed by atoms with van der Waals surface area (Å²) < 4.78 is 45.2. The molecular formula is C25H31F3N4O2. The number of methoxy groups -OCH3 is 1. The molecule has 1 N–H and O–H groups in total. The van der Waals surface area contributed by atoms with E-state index in [-0.39, 0.29) is 18.5 Å². The molecule has 3 aromatic rings. The lowest BCUT2D eigenvalue weighted by Gasteiger charge is -2.31. The van der Waals surface area contributed by atoms with Crippen LogP contribution in [0.3, 0.4) is 0 Å². The van der Waals surface area contributed by atoms with E-state index >= 15 is 0 Å². The third-order valence-corrected chi connectivity index (χ3v) is 6.04. The molecule has 184 valence electrons. The van der Waals surface area contributed by atoms with Crippen LogP contribution in [0.15, 0.2) is 48.9 Å². The Labute approximate surface area is 197 Å². The van der Waals surface area contributed by atoms with Crippen LogP contribution in [0.5, 0.6) is 5.75 Å². The zero-order valence-corrected chi connectivity index (χ0v) is 19.9. The van der Waals surface area contributed by atoms with Crippen molar-refractivity contribution in [1.82, 2.24) is 19.6 Å². The number of urea groups is 1. The van der Waals surface area contributed by atoms with Crippen LogP contribution < -0.4 is 10.1 Å². The largest absolute Gasteiger partial charge is 0.493 e. The second-order valence-corrected chi connectivity index (χ2v) is 8.25. The van der Waals surface area contributed by atoms with Crippen molar-refractivity contribution in [2.45, 2.75) is 58.3 Å². The Hall–Kier alpha value is -3.23. The number of hydrogen-bond donors (Lipinski definition) is 1. The number of aromatic nitrogens is 2. The maximum absolute atomic E-state index is 12.9. The van der Waals surface area contributed by atoms with E-state index < -0.39 is 18.6 Å². The van der Waals surface area contributed by atoms with Crippen molar-refractivity contribution in [3.63, 3.8) is 0 Å². The van der Waals surface area contributed by atoms with Crippen LogP contribution in [0.4, 0.5) is 18.0 Å². The first-order chi connectivity index (χ1) is 16.2. The number of halogens is 3. The van der Waals surface area contributed by atoms with E-state index in [0.29, 0.717) is 18.7 Å². The molecule has 0 fully saturated rings. The van der Waals surface area contributed by atoms with Crippen molar-refractivity contribution in [3.8, 4) is 16.9 Å². The van der Waals surface area contributed by atoms with E-state index in [2.05, 4.69) is 10.3 Å². The number of carbonyl (C=O) groups is 1. The lowest BCUT2D eigenvalue weighted by atomic mass is 10.00. The van der Waals surface area contributed by atoms with Gasteiger partial charge in [0.15, 0.2) is 11.4 Å². The fourth-order valence-corrected chi connectivity index (χ4v) is 4.03. The van der Waals surface area contributed by atoms with Gasteiger partial charge in [0, 0.05) is 43.2 Å². The number of fused-ring (bicyclic) bond motifs is 1. The predicted molar refractivity (Wildman–Crippen MR) is 126 cm³/mol. The molecule has 0 bridgehead atoms. The molecule has 6 nitrogen and oxygen atoms in total. The predicted octanol–water partition coefficient (Wildman–Crippen LogP) is 6.22. The Morgan fingerprint density at radius 2 is 2.00 bits per heavy atom. The summed E-state index contributed by atoms with van der Waals surface area (Å²) in [6, 6.07) is 8.61. The molecule has 0 aliphatic carbocycles. The summed E-state index contributed by atoms with van der Waals surface area (Å²) in [5, 5.41) is 2.78. The Kier molecular flexibility index (Phi) is 8.06. The molecule has 0 aliphatic heterocycles. The Bertz CT molecular complexity index is 1110. The van der Waals surface area contributed by atoms with E-state index in [0.717, 1.165) is 22.3 Å². The summed E-state index contributed by atoms with van der Waals surface area (Å²) in [5.74, 6) is 0.653. The van der Waals surface area contributed by atoms with Gasteiger partial charge in [0.25, 0.3) is 0 Å². The number of hydrogen-bond acceptors (Lipinski definition) is 3. The summed E-state index contributed by atoms with van der Waals surface area (Å²) in [6.07, 6.45) is 0.661. The highest BCUT2D eigenvalue weighted by Crippen LogP contribution is 2.30. The van der Waals surface area contributed by atoms with Gasteiger partial charge in [-0.15, -0.1) is 0 Å². The van der Waals surface area contributed by atoms with E-state index in [1.165, 1.54) is 0 Å². The Balaban J connectivity index is 1.80. The van der Waals surface area contributed by atoms with Crippen LogP contribution in [0.1, 0.15) is 51.6 Å². The molecule has 0 radical (unpaired) electrons. The van der Waals surface area contributed by atoms with Gasteiger partial charge in [0.05, 0.1) is 13.2 Å². The van der Waals surface area contributed by atoms with Crippen LogP contribution in [0, 0.1) is 0 Å². The minimum atomic E-state index is -4.24. The molecule has 2 amide bonds. The molecule has 0 saturated carbocycles. The number of nitrogens with one attached hydrogen (secondary N) is 1. The number of rotatable bonds is 9. The summed E-state index contributed by atoms with van der Waals surface area (Å²) >= 11 is 0. The number of pyridine rings is 1. The molecular weight excluding hydrogens is 445 g/mol. The standard InChI is InChI=1S/C25H31F3N4O2/c1-5-21(10-11-25(26,27)28)30-24(33)32(6-2)17(3)18-8-7-9-19(14-18)20-15-22(34-4)23-29-12-13-31(23)16-20/h7-9,12-17,21H,5-6,10-11H2,1-4H3,(H,30,33)/t17-,21-/m1/s1. The monoisotopic (exact) mass is 476 g/mol. The van der Waals surface area contributed by atoms with Gasteiger partial charge in [-0.25, -0.2) is 9.78 Å². The quantitative estimate of drug-likeness (QED) is 0.399. The number of ether oxygens (including phenoxy) is 1. The highest BCUT2D eigenvalue weighted by Gasteiger charge is 2.29. The van der Waals surface area contributed by atoms with Crippen LogP contribution in [0.25, 0.3) is 16.8 Å². The number of amides is 2. The number of benzene rings is 1. The van der Waals surface area contributed by atoms with Crippen molar-refractivity contribution in [2.75, 3.05) is 13.7 Å². The van der Waals surface area contributed by atoms with E-state index in [9.17, 15) is 18.0 Å².